The molecule has 0 aliphatic carbocycles. The Morgan fingerprint density at radius 2 is 2.00 bits per heavy atom. The lowest BCUT2D eigenvalue weighted by molar-refractivity contribution is 0.0963. The van der Waals surface area contributed by atoms with Crippen LogP contribution in [0.25, 0.3) is 0 Å². The predicted octanol–water partition coefficient (Wildman–Crippen LogP) is 2.39. The third kappa shape index (κ3) is 2.88. The van der Waals surface area contributed by atoms with E-state index in [-0.39, 0.29) is 20.0 Å². The summed E-state index contributed by atoms with van der Waals surface area (Å²) in [6, 6.07) is 2.43. The van der Waals surface area contributed by atoms with E-state index in [0.29, 0.717) is 0 Å². The zero-order valence-electron chi connectivity index (χ0n) is 7.92. The summed E-state index contributed by atoms with van der Waals surface area (Å²) in [4.78, 5) is 11.2. The van der Waals surface area contributed by atoms with Gasteiger partial charge in [-0.3, -0.25) is 4.79 Å². The fraction of sp³-hybridized carbons (Fsp3) is 0.125. The predicted molar refractivity (Wildman–Crippen MR) is 65.6 cm³/mol. The molecule has 0 atom stereocenters. The van der Waals surface area contributed by atoms with Crippen LogP contribution in [0.4, 0.5) is 0 Å². The lowest BCUT2D eigenvalue weighted by Crippen LogP contribution is -2.18. The van der Waals surface area contributed by atoms with Crippen LogP contribution in [0.2, 0.25) is 5.02 Å². The first-order chi connectivity index (χ1) is 7.27. The zero-order chi connectivity index (χ0) is 12.5. The smallest absolute Gasteiger partial charge is 0.262 e. The van der Waals surface area contributed by atoms with Crippen molar-refractivity contribution in [1.82, 2.24) is 5.32 Å². The lowest BCUT2D eigenvalue weighted by atomic mass is 10.2. The average Bonchev–Trinajstić information content (AvgIpc) is 2.14. The maximum atomic E-state index is 11.4. The van der Waals surface area contributed by atoms with Crippen molar-refractivity contribution in [2.45, 2.75) is 4.90 Å². The summed E-state index contributed by atoms with van der Waals surface area (Å²) in [7, 11) is 2.69. The summed E-state index contributed by atoms with van der Waals surface area (Å²) >= 11 is 8.80. The molecule has 0 aliphatic heterocycles. The van der Waals surface area contributed by atoms with Gasteiger partial charge >= 0.3 is 0 Å². The molecule has 1 amide bonds. The Labute approximate surface area is 110 Å². The number of hydrogen-bond acceptors (Lipinski definition) is 3. The lowest BCUT2D eigenvalue weighted by Gasteiger charge is -2.06. The van der Waals surface area contributed by atoms with Crippen molar-refractivity contribution in [3.05, 3.63) is 27.2 Å². The molecule has 88 valence electrons. The van der Waals surface area contributed by atoms with Gasteiger partial charge in [-0.25, -0.2) is 8.42 Å². The van der Waals surface area contributed by atoms with Gasteiger partial charge in [0.25, 0.3) is 15.0 Å². The molecule has 0 fully saturated rings. The quantitative estimate of drug-likeness (QED) is 0.836. The van der Waals surface area contributed by atoms with Crippen LogP contribution in [0.15, 0.2) is 21.5 Å². The van der Waals surface area contributed by atoms with E-state index in [4.69, 9.17) is 22.3 Å². The highest BCUT2D eigenvalue weighted by Gasteiger charge is 2.19. The van der Waals surface area contributed by atoms with Gasteiger partial charge in [-0.1, -0.05) is 11.6 Å². The van der Waals surface area contributed by atoms with Gasteiger partial charge in [0.1, 0.15) is 0 Å². The average molecular weight is 347 g/mol. The van der Waals surface area contributed by atoms with Gasteiger partial charge in [0.05, 0.1) is 15.5 Å². The first kappa shape index (κ1) is 13.8. The molecule has 0 saturated carbocycles. The van der Waals surface area contributed by atoms with E-state index in [1.165, 1.54) is 13.1 Å². The molecule has 1 rings (SSSR count). The number of benzene rings is 1. The largest absolute Gasteiger partial charge is 0.355 e. The molecule has 0 aliphatic rings. The second kappa shape index (κ2) is 4.91. The molecule has 0 radical (unpaired) electrons. The van der Waals surface area contributed by atoms with E-state index in [1.807, 2.05) is 0 Å². The highest BCUT2D eigenvalue weighted by molar-refractivity contribution is 9.10. The van der Waals surface area contributed by atoms with Crippen LogP contribution in [-0.2, 0) is 9.05 Å². The molecule has 8 heteroatoms. The highest BCUT2D eigenvalue weighted by Crippen LogP contribution is 2.30. The molecule has 1 N–H and O–H groups in total. The second-order valence-electron chi connectivity index (χ2n) is 2.78. The Kier molecular flexibility index (Phi) is 4.23. The number of carbonyl (C=O) groups excluding carboxylic acids is 1. The molecule has 0 saturated heterocycles. The summed E-state index contributed by atoms with van der Waals surface area (Å²) < 4.78 is 22.6. The van der Waals surface area contributed by atoms with Crippen molar-refractivity contribution in [3.8, 4) is 0 Å². The minimum atomic E-state index is -3.93. The van der Waals surface area contributed by atoms with Crippen LogP contribution in [0.1, 0.15) is 10.4 Å². The molecular formula is C8H6BrCl2NO3S. The van der Waals surface area contributed by atoms with Gasteiger partial charge in [-0.15, -0.1) is 0 Å². The summed E-state index contributed by atoms with van der Waals surface area (Å²) in [5.74, 6) is -0.487. The van der Waals surface area contributed by atoms with Gasteiger partial charge in [-0.05, 0) is 28.1 Å². The number of halogens is 3. The molecule has 4 nitrogen and oxygen atoms in total. The molecule has 0 unspecified atom stereocenters. The highest BCUT2D eigenvalue weighted by atomic mass is 79.9. The SMILES string of the molecule is CNC(=O)c1cc(S(=O)(=O)Cl)c(Br)cc1Cl. The summed E-state index contributed by atoms with van der Waals surface area (Å²) in [5, 5.41) is 2.48. The van der Waals surface area contributed by atoms with Crippen LogP contribution in [0, 0.1) is 0 Å². The number of carbonyl (C=O) groups is 1. The molecule has 1 aromatic carbocycles. The standard InChI is InChI=1S/C8H6BrCl2NO3S/c1-12-8(13)4-2-7(16(11,14)15)5(9)3-6(4)10/h2-3H,1H3,(H,12,13). The van der Waals surface area contributed by atoms with E-state index in [0.717, 1.165) is 6.07 Å². The number of amides is 1. The van der Waals surface area contributed by atoms with E-state index < -0.39 is 15.0 Å². The molecular weight excluding hydrogens is 341 g/mol. The van der Waals surface area contributed by atoms with Gasteiger partial charge < -0.3 is 5.32 Å². The molecule has 0 bridgehead atoms. The van der Waals surface area contributed by atoms with Gasteiger partial charge in [0.15, 0.2) is 0 Å². The van der Waals surface area contributed by atoms with Crippen molar-refractivity contribution < 1.29 is 13.2 Å². The van der Waals surface area contributed by atoms with Crippen molar-refractivity contribution in [1.29, 1.82) is 0 Å². The molecule has 0 heterocycles. The zero-order valence-corrected chi connectivity index (χ0v) is 11.8. The van der Waals surface area contributed by atoms with Gasteiger partial charge in [-0.2, -0.15) is 0 Å². The minimum Gasteiger partial charge on any atom is -0.355 e. The first-order valence-corrected chi connectivity index (χ1v) is 7.41. The van der Waals surface area contributed by atoms with Crippen LogP contribution in [0.3, 0.4) is 0 Å². The van der Waals surface area contributed by atoms with Gasteiger partial charge in [0.2, 0.25) is 0 Å². The third-order valence-electron chi connectivity index (χ3n) is 1.76. The monoisotopic (exact) mass is 345 g/mol. The summed E-state index contributed by atoms with van der Waals surface area (Å²) in [6.45, 7) is 0. The van der Waals surface area contributed by atoms with Crippen LogP contribution < -0.4 is 5.32 Å². The maximum absolute atomic E-state index is 11.4. The number of nitrogens with one attached hydrogen (secondary N) is 1. The fourth-order valence-electron chi connectivity index (χ4n) is 1.02. The number of rotatable bonds is 2. The summed E-state index contributed by atoms with van der Waals surface area (Å²) in [5.41, 5.74) is 0.0478. The minimum absolute atomic E-state index is 0.0478. The van der Waals surface area contributed by atoms with Crippen molar-refractivity contribution in [2.75, 3.05) is 7.05 Å². The van der Waals surface area contributed by atoms with Crippen LogP contribution in [0.5, 0.6) is 0 Å². The first-order valence-electron chi connectivity index (χ1n) is 3.93. The van der Waals surface area contributed by atoms with E-state index in [9.17, 15) is 13.2 Å². The van der Waals surface area contributed by atoms with Crippen LogP contribution in [-0.4, -0.2) is 21.4 Å². The maximum Gasteiger partial charge on any atom is 0.262 e. The normalized spacial score (nSPS) is 11.2. The Morgan fingerprint density at radius 1 is 1.44 bits per heavy atom. The van der Waals surface area contributed by atoms with Gasteiger partial charge in [0, 0.05) is 22.2 Å². The van der Waals surface area contributed by atoms with E-state index in [2.05, 4.69) is 21.2 Å². The number of hydrogen-bond donors (Lipinski definition) is 1. The molecule has 16 heavy (non-hydrogen) atoms. The molecule has 0 aromatic heterocycles. The Balaban J connectivity index is 3.51. The Hall–Kier alpha value is -0.300. The Morgan fingerprint density at radius 3 is 2.44 bits per heavy atom. The topological polar surface area (TPSA) is 63.2 Å². The fourth-order valence-corrected chi connectivity index (χ4v) is 3.60. The van der Waals surface area contributed by atoms with Crippen molar-refractivity contribution in [2.24, 2.45) is 0 Å². The van der Waals surface area contributed by atoms with Crippen molar-refractivity contribution >= 4 is 53.2 Å². The van der Waals surface area contributed by atoms with Crippen LogP contribution >= 0.6 is 38.2 Å². The molecule has 0 spiro atoms. The van der Waals surface area contributed by atoms with E-state index in [1.54, 1.807) is 0 Å². The van der Waals surface area contributed by atoms with Crippen molar-refractivity contribution in [3.63, 3.8) is 0 Å². The second-order valence-corrected chi connectivity index (χ2v) is 6.58. The van der Waals surface area contributed by atoms with E-state index >= 15 is 0 Å². The third-order valence-corrected chi connectivity index (χ3v) is 4.35. The summed E-state index contributed by atoms with van der Waals surface area (Å²) in [6.07, 6.45) is 0. The Bertz CT molecular complexity index is 544. The molecule has 1 aromatic rings.